The van der Waals surface area contributed by atoms with Gasteiger partial charge in [0.25, 0.3) is 5.91 Å². The van der Waals surface area contributed by atoms with Gasteiger partial charge < -0.3 is 0 Å². The number of benzene rings is 2. The first-order valence-corrected chi connectivity index (χ1v) is 9.88. The second kappa shape index (κ2) is 8.13. The van der Waals surface area contributed by atoms with Crippen LogP contribution in [0.2, 0.25) is 5.02 Å². The van der Waals surface area contributed by atoms with Crippen LogP contribution in [-0.2, 0) is 6.42 Å². The van der Waals surface area contributed by atoms with Crippen LogP contribution in [0.3, 0.4) is 0 Å². The summed E-state index contributed by atoms with van der Waals surface area (Å²) in [5.41, 5.74) is 2.50. The SMILES string of the molecule is CCCc1sc(NC(=O)c2ccccc2Br)nc1-c1ccc(Cl)cc1. The van der Waals surface area contributed by atoms with Gasteiger partial charge in [-0.3, -0.25) is 10.1 Å². The van der Waals surface area contributed by atoms with Crippen LogP contribution in [0.1, 0.15) is 28.6 Å². The Kier molecular flexibility index (Phi) is 5.89. The molecule has 6 heteroatoms. The molecule has 0 saturated carbocycles. The summed E-state index contributed by atoms with van der Waals surface area (Å²) in [6, 6.07) is 15.0. The molecule has 25 heavy (non-hydrogen) atoms. The van der Waals surface area contributed by atoms with Crippen molar-refractivity contribution in [2.75, 3.05) is 5.32 Å². The number of aryl methyl sites for hydroxylation is 1. The Hall–Kier alpha value is -1.69. The van der Waals surface area contributed by atoms with Gasteiger partial charge >= 0.3 is 0 Å². The Morgan fingerprint density at radius 3 is 2.60 bits per heavy atom. The van der Waals surface area contributed by atoms with Crippen LogP contribution in [0.4, 0.5) is 5.13 Å². The van der Waals surface area contributed by atoms with Crippen LogP contribution >= 0.6 is 38.9 Å². The van der Waals surface area contributed by atoms with Crippen molar-refractivity contribution in [3.05, 3.63) is 68.5 Å². The number of aromatic nitrogens is 1. The molecule has 0 bridgehead atoms. The van der Waals surface area contributed by atoms with E-state index in [1.54, 1.807) is 6.07 Å². The van der Waals surface area contributed by atoms with Crippen LogP contribution in [0, 0.1) is 0 Å². The van der Waals surface area contributed by atoms with Gasteiger partial charge in [0.15, 0.2) is 5.13 Å². The average molecular weight is 436 g/mol. The van der Waals surface area contributed by atoms with Gasteiger partial charge in [-0.05, 0) is 46.6 Å². The van der Waals surface area contributed by atoms with Crippen LogP contribution in [0.15, 0.2) is 53.0 Å². The zero-order valence-corrected chi connectivity index (χ0v) is 16.7. The molecule has 0 unspecified atom stereocenters. The summed E-state index contributed by atoms with van der Waals surface area (Å²) in [5, 5.41) is 4.21. The van der Waals surface area contributed by atoms with Crippen LogP contribution in [-0.4, -0.2) is 10.9 Å². The van der Waals surface area contributed by atoms with Gasteiger partial charge in [0, 0.05) is 19.9 Å². The first-order valence-electron chi connectivity index (χ1n) is 7.90. The topological polar surface area (TPSA) is 42.0 Å². The summed E-state index contributed by atoms with van der Waals surface area (Å²) in [6.45, 7) is 2.13. The fourth-order valence-corrected chi connectivity index (χ4v) is 4.12. The normalized spacial score (nSPS) is 10.7. The van der Waals surface area contributed by atoms with Crippen LogP contribution in [0.5, 0.6) is 0 Å². The van der Waals surface area contributed by atoms with E-state index in [9.17, 15) is 4.79 Å². The zero-order chi connectivity index (χ0) is 17.8. The van der Waals surface area contributed by atoms with Gasteiger partial charge in [0.1, 0.15) is 0 Å². The summed E-state index contributed by atoms with van der Waals surface area (Å²) in [6.07, 6.45) is 1.93. The van der Waals surface area contributed by atoms with E-state index in [1.165, 1.54) is 11.3 Å². The highest BCUT2D eigenvalue weighted by molar-refractivity contribution is 9.10. The predicted octanol–water partition coefficient (Wildman–Crippen LogP) is 6.43. The number of carbonyl (C=O) groups excluding carboxylic acids is 1. The molecule has 1 amide bonds. The van der Waals surface area contributed by atoms with Crippen molar-refractivity contribution in [3.63, 3.8) is 0 Å². The monoisotopic (exact) mass is 434 g/mol. The molecule has 0 aliphatic heterocycles. The van der Waals surface area contributed by atoms with E-state index in [0.29, 0.717) is 15.7 Å². The number of hydrogen-bond acceptors (Lipinski definition) is 3. The number of nitrogens with one attached hydrogen (secondary N) is 1. The molecule has 1 N–H and O–H groups in total. The highest BCUT2D eigenvalue weighted by Gasteiger charge is 2.16. The second-order valence-corrected chi connectivity index (χ2v) is 7.86. The highest BCUT2D eigenvalue weighted by atomic mass is 79.9. The molecular weight excluding hydrogens is 420 g/mol. The molecule has 3 nitrogen and oxygen atoms in total. The molecule has 0 aliphatic rings. The summed E-state index contributed by atoms with van der Waals surface area (Å²) < 4.78 is 0.760. The molecule has 2 aromatic carbocycles. The maximum Gasteiger partial charge on any atom is 0.258 e. The van der Waals surface area contributed by atoms with E-state index >= 15 is 0 Å². The van der Waals surface area contributed by atoms with Crippen LogP contribution < -0.4 is 5.32 Å². The average Bonchev–Trinajstić information content (AvgIpc) is 2.98. The van der Waals surface area contributed by atoms with Crippen LogP contribution in [0.25, 0.3) is 11.3 Å². The van der Waals surface area contributed by atoms with Gasteiger partial charge in [-0.25, -0.2) is 4.98 Å². The van der Waals surface area contributed by atoms with Gasteiger partial charge in [-0.15, -0.1) is 11.3 Å². The third kappa shape index (κ3) is 4.29. The molecule has 0 aliphatic carbocycles. The van der Waals surface area contributed by atoms with E-state index in [4.69, 9.17) is 11.6 Å². The maximum absolute atomic E-state index is 12.5. The van der Waals surface area contributed by atoms with Crippen molar-refractivity contribution in [3.8, 4) is 11.3 Å². The summed E-state index contributed by atoms with van der Waals surface area (Å²) in [7, 11) is 0. The van der Waals surface area contributed by atoms with Crippen molar-refractivity contribution in [2.45, 2.75) is 19.8 Å². The molecule has 128 valence electrons. The summed E-state index contributed by atoms with van der Waals surface area (Å²) >= 11 is 10.9. The van der Waals surface area contributed by atoms with Crippen molar-refractivity contribution < 1.29 is 4.79 Å². The first kappa shape index (κ1) is 18.1. The number of thiazole rings is 1. The molecule has 0 saturated heterocycles. The van der Waals surface area contributed by atoms with E-state index in [1.807, 2.05) is 42.5 Å². The van der Waals surface area contributed by atoms with Crippen molar-refractivity contribution in [1.82, 2.24) is 4.98 Å². The number of hydrogen-bond donors (Lipinski definition) is 1. The van der Waals surface area contributed by atoms with Gasteiger partial charge in [-0.1, -0.05) is 49.2 Å². The zero-order valence-electron chi connectivity index (χ0n) is 13.6. The van der Waals surface area contributed by atoms with Crippen molar-refractivity contribution in [2.24, 2.45) is 0 Å². The fourth-order valence-electron chi connectivity index (χ4n) is 2.44. The summed E-state index contributed by atoms with van der Waals surface area (Å²) in [4.78, 5) is 18.3. The Morgan fingerprint density at radius 1 is 1.20 bits per heavy atom. The maximum atomic E-state index is 12.5. The van der Waals surface area contributed by atoms with Gasteiger partial charge in [0.2, 0.25) is 0 Å². The number of amides is 1. The molecule has 0 atom stereocenters. The highest BCUT2D eigenvalue weighted by Crippen LogP contribution is 2.33. The third-order valence-corrected chi connectivity index (χ3v) is 5.61. The van der Waals surface area contributed by atoms with Crippen molar-refractivity contribution in [1.29, 1.82) is 0 Å². The van der Waals surface area contributed by atoms with E-state index in [2.05, 4.69) is 33.2 Å². The molecule has 0 radical (unpaired) electrons. The van der Waals surface area contributed by atoms with Crippen molar-refractivity contribution >= 4 is 49.9 Å². The molecule has 0 spiro atoms. The minimum atomic E-state index is -0.174. The second-order valence-electron chi connectivity index (χ2n) is 5.48. The van der Waals surface area contributed by atoms with Gasteiger partial charge in [-0.2, -0.15) is 0 Å². The first-order chi connectivity index (χ1) is 12.1. The largest absolute Gasteiger partial charge is 0.298 e. The lowest BCUT2D eigenvalue weighted by Crippen LogP contribution is -2.12. The fraction of sp³-hybridized carbons (Fsp3) is 0.158. The Balaban J connectivity index is 1.90. The molecule has 3 aromatic rings. The Morgan fingerprint density at radius 2 is 1.92 bits per heavy atom. The lowest BCUT2D eigenvalue weighted by atomic mass is 10.1. The van der Waals surface area contributed by atoms with E-state index in [-0.39, 0.29) is 5.91 Å². The molecule has 1 aromatic heterocycles. The number of carbonyl (C=O) groups is 1. The standard InChI is InChI=1S/C19H16BrClN2OS/c1-2-5-16-17(12-8-10-13(21)11-9-12)22-19(25-16)23-18(24)14-6-3-4-7-15(14)20/h3-4,6-11H,2,5H2,1H3,(H,22,23,24). The molecule has 1 heterocycles. The molecule has 3 rings (SSSR count). The number of anilines is 1. The lowest BCUT2D eigenvalue weighted by Gasteiger charge is -2.03. The quantitative estimate of drug-likeness (QED) is 0.501. The summed E-state index contributed by atoms with van der Waals surface area (Å²) in [5.74, 6) is -0.174. The minimum Gasteiger partial charge on any atom is -0.298 e. The number of rotatable bonds is 5. The van der Waals surface area contributed by atoms with E-state index in [0.717, 1.165) is 33.4 Å². The van der Waals surface area contributed by atoms with Gasteiger partial charge in [0.05, 0.1) is 11.3 Å². The Labute approximate surface area is 164 Å². The predicted molar refractivity (Wildman–Crippen MR) is 109 cm³/mol. The lowest BCUT2D eigenvalue weighted by molar-refractivity contribution is 0.102. The number of nitrogens with zero attached hydrogens (tertiary/aromatic N) is 1. The van der Waals surface area contributed by atoms with E-state index < -0.39 is 0 Å². The minimum absolute atomic E-state index is 0.174. The molecule has 0 fully saturated rings. The third-order valence-electron chi connectivity index (χ3n) is 3.63. The number of halogens is 2. The molecular formula is C19H16BrClN2OS. The Bertz CT molecular complexity index is 893. The smallest absolute Gasteiger partial charge is 0.258 e.